The van der Waals surface area contributed by atoms with E-state index in [0.717, 1.165) is 4.90 Å². The lowest BCUT2D eigenvalue weighted by atomic mass is 10.1. The van der Waals surface area contributed by atoms with Crippen molar-refractivity contribution in [1.29, 1.82) is 0 Å². The maximum absolute atomic E-state index is 13.0. The van der Waals surface area contributed by atoms with E-state index in [-0.39, 0.29) is 54.9 Å². The van der Waals surface area contributed by atoms with E-state index >= 15 is 0 Å². The van der Waals surface area contributed by atoms with Gasteiger partial charge in [0.15, 0.2) is 11.9 Å². The Balaban J connectivity index is 1.99. The third-order valence-corrected chi connectivity index (χ3v) is 5.68. The normalized spacial score (nSPS) is 12.6. The van der Waals surface area contributed by atoms with E-state index < -0.39 is 37.1 Å². The molecule has 1 atom stereocenters. The number of aliphatic carboxylic acids is 1. The SMILES string of the molecule is CCOC(Cc1ccc(OCCN(CCCOC(F)(F)C(F)(F)F)C(=O)Oc2ccc(Cl)cc2Cl)cc1)C(=O)O. The fourth-order valence-electron chi connectivity index (χ4n) is 3.18. The van der Waals surface area contributed by atoms with Crippen LogP contribution in [0.5, 0.6) is 11.5 Å². The number of rotatable bonds is 15. The first-order chi connectivity index (χ1) is 18.7. The molecule has 0 spiro atoms. The van der Waals surface area contributed by atoms with E-state index in [0.29, 0.717) is 11.3 Å². The zero-order valence-corrected chi connectivity index (χ0v) is 22.6. The highest BCUT2D eigenvalue weighted by Crippen LogP contribution is 2.36. The molecule has 2 rings (SSSR count). The molecule has 2 aromatic rings. The van der Waals surface area contributed by atoms with Gasteiger partial charge >= 0.3 is 24.3 Å². The van der Waals surface area contributed by atoms with Crippen molar-refractivity contribution in [2.75, 3.05) is 32.9 Å². The van der Waals surface area contributed by atoms with Gasteiger partial charge in [0, 0.05) is 24.6 Å². The quantitative estimate of drug-likeness (QED) is 0.181. The van der Waals surface area contributed by atoms with Gasteiger partial charge in [-0.1, -0.05) is 35.3 Å². The molecule has 0 heterocycles. The van der Waals surface area contributed by atoms with Gasteiger partial charge in [0.2, 0.25) is 0 Å². The molecule has 0 radical (unpaired) electrons. The van der Waals surface area contributed by atoms with Crippen molar-refractivity contribution >= 4 is 35.3 Å². The first-order valence-electron chi connectivity index (χ1n) is 11.8. The second-order valence-electron chi connectivity index (χ2n) is 8.13. The predicted molar refractivity (Wildman–Crippen MR) is 134 cm³/mol. The molecule has 8 nitrogen and oxygen atoms in total. The molecule has 0 bridgehead atoms. The summed E-state index contributed by atoms with van der Waals surface area (Å²) in [5.74, 6) is -0.778. The average molecular weight is 618 g/mol. The lowest BCUT2D eigenvalue weighted by Gasteiger charge is -2.23. The zero-order valence-electron chi connectivity index (χ0n) is 21.1. The summed E-state index contributed by atoms with van der Waals surface area (Å²) in [6, 6.07) is 10.5. The molecule has 1 amide bonds. The highest BCUT2D eigenvalue weighted by molar-refractivity contribution is 6.35. The van der Waals surface area contributed by atoms with Crippen molar-refractivity contribution in [1.82, 2.24) is 4.90 Å². The van der Waals surface area contributed by atoms with Gasteiger partial charge in [-0.2, -0.15) is 22.0 Å². The van der Waals surface area contributed by atoms with Crippen LogP contribution in [0.15, 0.2) is 42.5 Å². The summed E-state index contributed by atoms with van der Waals surface area (Å²) in [6.45, 7) is 0.346. The Kier molecular flexibility index (Phi) is 12.7. The van der Waals surface area contributed by atoms with Crippen LogP contribution in [-0.2, 0) is 20.7 Å². The first-order valence-corrected chi connectivity index (χ1v) is 12.6. The number of hydrogen-bond donors (Lipinski definition) is 1. The number of amides is 1. The Morgan fingerprint density at radius 1 is 1.00 bits per heavy atom. The van der Waals surface area contributed by atoms with Crippen LogP contribution in [0.25, 0.3) is 0 Å². The molecule has 0 saturated carbocycles. The van der Waals surface area contributed by atoms with Crippen LogP contribution in [-0.4, -0.2) is 73.4 Å². The molecule has 40 heavy (non-hydrogen) atoms. The van der Waals surface area contributed by atoms with E-state index in [1.165, 1.54) is 18.2 Å². The summed E-state index contributed by atoms with van der Waals surface area (Å²) < 4.78 is 82.6. The van der Waals surface area contributed by atoms with E-state index in [1.54, 1.807) is 31.2 Å². The highest BCUT2D eigenvalue weighted by Gasteiger charge is 2.59. The Bertz CT molecular complexity index is 1120. The van der Waals surface area contributed by atoms with E-state index in [9.17, 15) is 36.6 Å². The van der Waals surface area contributed by atoms with Crippen LogP contribution in [0.1, 0.15) is 18.9 Å². The molecule has 1 N–H and O–H groups in total. The average Bonchev–Trinajstić information content (AvgIpc) is 2.87. The number of halogens is 7. The molecular weight excluding hydrogens is 592 g/mol. The molecular formula is C25H26Cl2F5NO7. The molecule has 222 valence electrons. The molecule has 0 aliphatic heterocycles. The maximum atomic E-state index is 13.0. The highest BCUT2D eigenvalue weighted by atomic mass is 35.5. The number of benzene rings is 2. The molecule has 1 unspecified atom stereocenters. The van der Waals surface area contributed by atoms with Crippen molar-refractivity contribution in [3.63, 3.8) is 0 Å². The van der Waals surface area contributed by atoms with Gasteiger partial charge in [-0.3, -0.25) is 0 Å². The summed E-state index contributed by atoms with van der Waals surface area (Å²) in [4.78, 5) is 25.0. The third-order valence-electron chi connectivity index (χ3n) is 5.15. The van der Waals surface area contributed by atoms with Gasteiger partial charge in [0.25, 0.3) is 0 Å². The first kappa shape index (κ1) is 33.3. The largest absolute Gasteiger partial charge is 0.492 e. The molecule has 0 fully saturated rings. The second-order valence-corrected chi connectivity index (χ2v) is 8.97. The van der Waals surface area contributed by atoms with Crippen LogP contribution >= 0.6 is 23.2 Å². The van der Waals surface area contributed by atoms with Crippen molar-refractivity contribution in [3.8, 4) is 11.5 Å². The number of carboxylic acid groups (broad SMARTS) is 1. The fraction of sp³-hybridized carbons (Fsp3) is 0.440. The van der Waals surface area contributed by atoms with Gasteiger partial charge in [0.1, 0.15) is 12.4 Å². The third kappa shape index (κ3) is 10.6. The number of ether oxygens (including phenoxy) is 4. The number of carboxylic acids is 1. The number of alkyl halides is 5. The second kappa shape index (κ2) is 15.2. The van der Waals surface area contributed by atoms with E-state index in [2.05, 4.69) is 4.74 Å². The molecule has 15 heteroatoms. The minimum atomic E-state index is -5.88. The summed E-state index contributed by atoms with van der Waals surface area (Å²) in [6.07, 6.45) is -13.4. The van der Waals surface area contributed by atoms with Crippen LogP contribution < -0.4 is 9.47 Å². The Hall–Kier alpha value is -2.87. The standard InChI is InChI=1S/C25H26Cl2F5NO7/c1-2-37-21(22(34)35)14-16-4-7-18(8-5-16)38-13-11-33(10-3-12-39-25(31,32)24(28,29)30)23(36)40-20-9-6-17(26)15-19(20)27/h4-9,15,21H,2-3,10-14H2,1H3,(H,34,35). The summed E-state index contributed by atoms with van der Waals surface area (Å²) in [5.41, 5.74) is 0.675. The van der Waals surface area contributed by atoms with Gasteiger partial charge in [0.05, 0.1) is 18.2 Å². The van der Waals surface area contributed by atoms with E-state index in [4.69, 9.17) is 37.4 Å². The maximum Gasteiger partial charge on any atom is 0.482 e. The van der Waals surface area contributed by atoms with Gasteiger partial charge in [-0.15, -0.1) is 0 Å². The summed E-state index contributed by atoms with van der Waals surface area (Å²) in [5, 5.41) is 9.50. The monoisotopic (exact) mass is 617 g/mol. The fourth-order valence-corrected chi connectivity index (χ4v) is 3.62. The Morgan fingerprint density at radius 2 is 1.68 bits per heavy atom. The predicted octanol–water partition coefficient (Wildman–Crippen LogP) is 6.47. The minimum Gasteiger partial charge on any atom is -0.492 e. The molecule has 2 aromatic carbocycles. The zero-order chi connectivity index (χ0) is 29.9. The van der Waals surface area contributed by atoms with Gasteiger partial charge in [-0.25, -0.2) is 9.59 Å². The van der Waals surface area contributed by atoms with Crippen LogP contribution in [0.2, 0.25) is 10.0 Å². The minimum absolute atomic E-state index is 0.0137. The number of nitrogens with zero attached hydrogens (tertiary/aromatic N) is 1. The van der Waals surface area contributed by atoms with Crippen molar-refractivity contribution < 1.29 is 55.6 Å². The number of carbonyl (C=O) groups is 2. The number of hydrogen-bond acceptors (Lipinski definition) is 6. The molecule has 0 aromatic heterocycles. The molecule has 0 aliphatic carbocycles. The van der Waals surface area contributed by atoms with Crippen LogP contribution in [0.4, 0.5) is 26.7 Å². The van der Waals surface area contributed by atoms with Crippen LogP contribution in [0.3, 0.4) is 0 Å². The Morgan fingerprint density at radius 3 is 2.25 bits per heavy atom. The van der Waals surface area contributed by atoms with Crippen molar-refractivity contribution in [3.05, 3.63) is 58.1 Å². The lowest BCUT2D eigenvalue weighted by molar-refractivity contribution is -0.391. The van der Waals surface area contributed by atoms with Crippen molar-refractivity contribution in [2.45, 2.75) is 38.2 Å². The Labute approximate surface area is 236 Å². The summed E-state index contributed by atoms with van der Waals surface area (Å²) in [7, 11) is 0. The van der Waals surface area contributed by atoms with Gasteiger partial charge in [-0.05, 0) is 49.2 Å². The molecule has 0 aliphatic rings. The van der Waals surface area contributed by atoms with E-state index in [1.807, 2.05) is 0 Å². The number of carbonyl (C=O) groups excluding carboxylic acids is 1. The summed E-state index contributed by atoms with van der Waals surface area (Å²) >= 11 is 11.8. The van der Waals surface area contributed by atoms with Crippen molar-refractivity contribution in [2.24, 2.45) is 0 Å². The van der Waals surface area contributed by atoms with Crippen LogP contribution in [0, 0.1) is 0 Å². The lowest BCUT2D eigenvalue weighted by Crippen LogP contribution is -2.41. The smallest absolute Gasteiger partial charge is 0.482 e. The topological polar surface area (TPSA) is 94.5 Å². The molecule has 0 saturated heterocycles. The van der Waals surface area contributed by atoms with Gasteiger partial charge < -0.3 is 29.0 Å².